The van der Waals surface area contributed by atoms with Gasteiger partial charge in [-0.05, 0) is 67.1 Å². The fraction of sp³-hybridized carbons (Fsp3) is 0.125. The highest BCUT2D eigenvalue weighted by molar-refractivity contribution is 5.95. The van der Waals surface area contributed by atoms with E-state index in [9.17, 15) is 14.4 Å². The molecule has 0 aliphatic carbocycles. The quantitative estimate of drug-likeness (QED) is 0.158. The first-order valence-corrected chi connectivity index (χ1v) is 12.9. The summed E-state index contributed by atoms with van der Waals surface area (Å²) in [5, 5.41) is 7.96. The number of nitrogens with one attached hydrogen (secondary N) is 2. The lowest BCUT2D eigenvalue weighted by atomic mass is 10.1. The number of carbonyl (C=O) groups is 2. The number of anilines is 1. The van der Waals surface area contributed by atoms with Gasteiger partial charge in [-0.1, -0.05) is 42.0 Å². The van der Waals surface area contributed by atoms with E-state index in [1.165, 1.54) is 13.3 Å². The maximum absolute atomic E-state index is 12.9. The van der Waals surface area contributed by atoms with Gasteiger partial charge in [-0.25, -0.2) is 5.43 Å². The monoisotopic (exact) mass is 548 g/mol. The van der Waals surface area contributed by atoms with Crippen LogP contribution in [0.3, 0.4) is 0 Å². The average Bonchev–Trinajstić information content (AvgIpc) is 2.99. The van der Waals surface area contributed by atoms with E-state index in [0.717, 1.165) is 5.56 Å². The molecular weight excluding hydrogens is 520 g/mol. The molecule has 0 saturated heterocycles. The van der Waals surface area contributed by atoms with Gasteiger partial charge in [0.1, 0.15) is 6.54 Å². The van der Waals surface area contributed by atoms with Gasteiger partial charge in [-0.3, -0.25) is 14.4 Å². The second-order valence-electron chi connectivity index (χ2n) is 9.36. The minimum Gasteiger partial charge on any atom is -0.493 e. The van der Waals surface area contributed by atoms with Gasteiger partial charge in [0, 0.05) is 16.5 Å². The highest BCUT2D eigenvalue weighted by Gasteiger charge is 2.13. The molecule has 9 nitrogen and oxygen atoms in total. The number of pyridine rings is 1. The number of hydrazone groups is 1. The first-order chi connectivity index (χ1) is 19.9. The highest BCUT2D eigenvalue weighted by Crippen LogP contribution is 2.27. The van der Waals surface area contributed by atoms with Crippen LogP contribution in [0.1, 0.15) is 11.1 Å². The van der Waals surface area contributed by atoms with Gasteiger partial charge in [0.15, 0.2) is 23.5 Å². The zero-order valence-corrected chi connectivity index (χ0v) is 22.6. The van der Waals surface area contributed by atoms with E-state index in [1.54, 1.807) is 47.0 Å². The van der Waals surface area contributed by atoms with Crippen LogP contribution in [-0.2, 0) is 16.1 Å². The normalized spacial score (nSPS) is 11.1. The summed E-state index contributed by atoms with van der Waals surface area (Å²) < 4.78 is 12.9. The lowest BCUT2D eigenvalue weighted by molar-refractivity contribution is -0.121. The molecule has 0 bridgehead atoms. The summed E-state index contributed by atoms with van der Waals surface area (Å²) in [5.41, 5.74) is 6.26. The number of aromatic nitrogens is 1. The maximum atomic E-state index is 12.9. The van der Waals surface area contributed by atoms with E-state index in [1.807, 2.05) is 55.5 Å². The number of methoxy groups -OCH3 is 1. The van der Waals surface area contributed by atoms with Gasteiger partial charge < -0.3 is 19.4 Å². The second kappa shape index (κ2) is 12.2. The molecule has 1 heterocycles. The topological polar surface area (TPSA) is 111 Å². The number of ether oxygens (including phenoxy) is 2. The third-order valence-electron chi connectivity index (χ3n) is 6.47. The molecule has 206 valence electrons. The number of benzene rings is 4. The number of aryl methyl sites for hydroxylation is 1. The molecule has 1 aromatic heterocycles. The van der Waals surface area contributed by atoms with Gasteiger partial charge in [0.25, 0.3) is 11.8 Å². The Bertz CT molecular complexity index is 1770. The number of para-hydroxylation sites is 2. The SMILES string of the molecule is COc1cc(/C=N\NC(=O)Cn2c3ccccc3c(=O)c3ccccc32)ccc1OCC(=O)Nc1ccc(C)cc1. The molecule has 5 aromatic rings. The number of rotatable bonds is 9. The van der Waals surface area contributed by atoms with Gasteiger partial charge in [0.05, 0.1) is 24.4 Å². The smallest absolute Gasteiger partial charge is 0.262 e. The van der Waals surface area contributed by atoms with Gasteiger partial charge in [-0.15, -0.1) is 0 Å². The molecule has 2 amide bonds. The van der Waals surface area contributed by atoms with Crippen molar-refractivity contribution in [1.29, 1.82) is 0 Å². The Labute approximate surface area is 236 Å². The van der Waals surface area contributed by atoms with Crippen LogP contribution in [0.2, 0.25) is 0 Å². The zero-order chi connectivity index (χ0) is 28.8. The Balaban J connectivity index is 1.23. The summed E-state index contributed by atoms with van der Waals surface area (Å²) >= 11 is 0. The zero-order valence-electron chi connectivity index (χ0n) is 22.6. The van der Waals surface area contributed by atoms with Crippen LogP contribution in [0.25, 0.3) is 21.8 Å². The molecule has 0 radical (unpaired) electrons. The molecule has 4 aromatic carbocycles. The maximum Gasteiger partial charge on any atom is 0.262 e. The van der Waals surface area contributed by atoms with Crippen molar-refractivity contribution >= 4 is 45.5 Å². The second-order valence-corrected chi connectivity index (χ2v) is 9.36. The Hall–Kier alpha value is -5.44. The van der Waals surface area contributed by atoms with Gasteiger partial charge >= 0.3 is 0 Å². The molecule has 0 spiro atoms. The third-order valence-corrected chi connectivity index (χ3v) is 6.47. The Morgan fingerprint density at radius 3 is 2.17 bits per heavy atom. The fourth-order valence-corrected chi connectivity index (χ4v) is 4.47. The standard InChI is InChI=1S/C32H28N4O5/c1-21-11-14-23(15-12-21)34-31(38)20-41-28-16-13-22(17-29(28)40-2)18-33-35-30(37)19-36-26-9-5-3-7-24(26)32(39)25-8-4-6-10-27(25)36/h3-18H,19-20H2,1-2H3,(H,34,38)(H,35,37)/b33-18-. The summed E-state index contributed by atoms with van der Waals surface area (Å²) in [6, 6.07) is 27.0. The van der Waals surface area contributed by atoms with Crippen molar-refractivity contribution in [2.45, 2.75) is 13.5 Å². The molecule has 0 saturated carbocycles. The number of hydrogen-bond donors (Lipinski definition) is 2. The molecule has 0 aliphatic rings. The van der Waals surface area contributed by atoms with Crippen LogP contribution < -0.4 is 25.6 Å². The van der Waals surface area contributed by atoms with Crippen molar-refractivity contribution < 1.29 is 19.1 Å². The highest BCUT2D eigenvalue weighted by atomic mass is 16.5. The summed E-state index contributed by atoms with van der Waals surface area (Å²) in [7, 11) is 1.50. The lowest BCUT2D eigenvalue weighted by Gasteiger charge is -2.14. The predicted molar refractivity (Wildman–Crippen MR) is 160 cm³/mol. The third kappa shape index (κ3) is 6.25. The molecule has 0 aliphatic heterocycles. The van der Waals surface area contributed by atoms with E-state index >= 15 is 0 Å². The van der Waals surface area contributed by atoms with E-state index in [4.69, 9.17) is 9.47 Å². The predicted octanol–water partition coefficient (Wildman–Crippen LogP) is 4.64. The Morgan fingerprint density at radius 2 is 1.51 bits per heavy atom. The molecular formula is C32H28N4O5. The number of fused-ring (bicyclic) bond motifs is 2. The molecule has 0 fully saturated rings. The van der Waals surface area contributed by atoms with E-state index in [2.05, 4.69) is 15.8 Å². The summed E-state index contributed by atoms with van der Waals surface area (Å²) in [4.78, 5) is 38.0. The molecule has 9 heteroatoms. The summed E-state index contributed by atoms with van der Waals surface area (Å²) in [5.74, 6) is 0.151. The van der Waals surface area contributed by atoms with Gasteiger partial charge in [-0.2, -0.15) is 5.10 Å². The lowest BCUT2D eigenvalue weighted by Crippen LogP contribution is -2.25. The van der Waals surface area contributed by atoms with Crippen LogP contribution in [0, 0.1) is 6.92 Å². The molecule has 2 N–H and O–H groups in total. The van der Waals surface area contributed by atoms with Crippen LogP contribution in [0.4, 0.5) is 5.69 Å². The van der Waals surface area contributed by atoms with Gasteiger partial charge in [0.2, 0.25) is 0 Å². The minimum absolute atomic E-state index is 0.0284. The van der Waals surface area contributed by atoms with Crippen molar-refractivity contribution in [1.82, 2.24) is 9.99 Å². The summed E-state index contributed by atoms with van der Waals surface area (Å²) in [6.07, 6.45) is 1.48. The largest absolute Gasteiger partial charge is 0.493 e. The molecule has 41 heavy (non-hydrogen) atoms. The van der Waals surface area contributed by atoms with Crippen LogP contribution in [0.15, 0.2) is 101 Å². The van der Waals surface area contributed by atoms with E-state index in [-0.39, 0.29) is 30.4 Å². The molecule has 0 atom stereocenters. The van der Waals surface area contributed by atoms with Crippen molar-refractivity contribution in [3.05, 3.63) is 112 Å². The summed E-state index contributed by atoms with van der Waals surface area (Å²) in [6.45, 7) is 1.75. The number of hydrogen-bond acceptors (Lipinski definition) is 6. The first-order valence-electron chi connectivity index (χ1n) is 12.9. The van der Waals surface area contributed by atoms with Crippen molar-refractivity contribution in [3.63, 3.8) is 0 Å². The first kappa shape index (κ1) is 27.1. The number of nitrogens with zero attached hydrogens (tertiary/aromatic N) is 2. The average molecular weight is 549 g/mol. The van der Waals surface area contributed by atoms with Crippen LogP contribution in [-0.4, -0.2) is 36.3 Å². The minimum atomic E-state index is -0.355. The van der Waals surface area contributed by atoms with Crippen LogP contribution in [0.5, 0.6) is 11.5 Å². The van der Waals surface area contributed by atoms with Crippen molar-refractivity contribution in [3.8, 4) is 11.5 Å². The van der Waals surface area contributed by atoms with Crippen molar-refractivity contribution in [2.75, 3.05) is 19.0 Å². The van der Waals surface area contributed by atoms with Crippen LogP contribution >= 0.6 is 0 Å². The Kier molecular flexibility index (Phi) is 8.05. The van der Waals surface area contributed by atoms with Crippen molar-refractivity contribution in [2.24, 2.45) is 5.10 Å². The molecule has 5 rings (SSSR count). The van der Waals surface area contributed by atoms with E-state index in [0.29, 0.717) is 44.6 Å². The van der Waals surface area contributed by atoms with E-state index < -0.39 is 0 Å². The fourth-order valence-electron chi connectivity index (χ4n) is 4.47. The number of carbonyl (C=O) groups excluding carboxylic acids is 2. The number of amides is 2. The molecule has 0 unspecified atom stereocenters. The Morgan fingerprint density at radius 1 is 0.854 bits per heavy atom.